The number of carbonyl (C=O) groups excluding carboxylic acids is 1. The number of hydrogen-bond donors (Lipinski definition) is 1. The van der Waals surface area contributed by atoms with Gasteiger partial charge in [0.25, 0.3) is 10.0 Å². The highest BCUT2D eigenvalue weighted by Crippen LogP contribution is 2.28. The lowest BCUT2D eigenvalue weighted by atomic mass is 9.97. The Balaban J connectivity index is 1.54. The molecule has 1 fully saturated rings. The molecule has 0 aromatic carbocycles. The van der Waals surface area contributed by atoms with E-state index in [2.05, 4.69) is 5.32 Å². The molecule has 0 aliphatic carbocycles. The van der Waals surface area contributed by atoms with Crippen molar-refractivity contribution in [1.82, 2.24) is 9.62 Å². The lowest BCUT2D eigenvalue weighted by Gasteiger charge is -2.30. The maximum atomic E-state index is 12.6. The van der Waals surface area contributed by atoms with E-state index in [4.69, 9.17) is 4.42 Å². The molecule has 3 rings (SSSR count). The van der Waals surface area contributed by atoms with E-state index < -0.39 is 10.0 Å². The molecule has 1 aliphatic heterocycles. The molecule has 0 unspecified atom stereocenters. The Kier molecular flexibility index (Phi) is 5.07. The van der Waals surface area contributed by atoms with Gasteiger partial charge >= 0.3 is 0 Å². The Morgan fingerprint density at radius 3 is 2.67 bits per heavy atom. The molecule has 1 N–H and O–H groups in total. The normalized spacial score (nSPS) is 17.0. The van der Waals surface area contributed by atoms with Crippen molar-refractivity contribution in [2.45, 2.75) is 30.5 Å². The van der Waals surface area contributed by atoms with E-state index >= 15 is 0 Å². The van der Waals surface area contributed by atoms with E-state index in [9.17, 15) is 13.2 Å². The zero-order chi connectivity index (χ0) is 17.2. The Labute approximate surface area is 145 Å². The summed E-state index contributed by atoms with van der Waals surface area (Å²) in [6, 6.07) is 7.04. The van der Waals surface area contributed by atoms with E-state index in [-0.39, 0.29) is 11.8 Å². The van der Waals surface area contributed by atoms with Gasteiger partial charge in [-0.25, -0.2) is 8.42 Å². The molecule has 0 atom stereocenters. The highest BCUT2D eigenvalue weighted by atomic mass is 32.2. The number of piperidine rings is 1. The van der Waals surface area contributed by atoms with Crippen LogP contribution in [0.2, 0.25) is 0 Å². The van der Waals surface area contributed by atoms with Crippen molar-refractivity contribution in [2.75, 3.05) is 13.1 Å². The van der Waals surface area contributed by atoms with Gasteiger partial charge in [-0.15, -0.1) is 11.3 Å². The summed E-state index contributed by atoms with van der Waals surface area (Å²) in [6.07, 6.45) is 2.64. The summed E-state index contributed by atoms with van der Waals surface area (Å²) in [5, 5.41) is 2.84. The molecule has 1 amide bonds. The minimum absolute atomic E-state index is 0.0459. The van der Waals surface area contributed by atoms with Crippen LogP contribution in [0.5, 0.6) is 0 Å². The number of amides is 1. The number of rotatable bonds is 5. The van der Waals surface area contributed by atoms with Gasteiger partial charge in [-0.3, -0.25) is 4.79 Å². The molecule has 8 heteroatoms. The molecule has 0 saturated carbocycles. The van der Waals surface area contributed by atoms with E-state index in [1.54, 1.807) is 24.5 Å². The quantitative estimate of drug-likeness (QED) is 0.879. The van der Waals surface area contributed by atoms with Crippen LogP contribution in [0.15, 0.2) is 39.2 Å². The SMILES string of the molecule is Cc1ccc(S(=O)(=O)N2CCC(C(=O)NCc3ccco3)CC2)s1. The maximum Gasteiger partial charge on any atom is 0.252 e. The van der Waals surface area contributed by atoms with Crippen molar-refractivity contribution in [3.63, 3.8) is 0 Å². The van der Waals surface area contributed by atoms with Gasteiger partial charge in [-0.05, 0) is 44.0 Å². The minimum Gasteiger partial charge on any atom is -0.467 e. The van der Waals surface area contributed by atoms with Crippen molar-refractivity contribution >= 4 is 27.3 Å². The van der Waals surface area contributed by atoms with E-state index in [0.717, 1.165) is 4.88 Å². The first-order chi connectivity index (χ1) is 11.5. The van der Waals surface area contributed by atoms with E-state index in [1.807, 2.05) is 13.0 Å². The van der Waals surface area contributed by atoms with Gasteiger partial charge in [-0.1, -0.05) is 0 Å². The van der Waals surface area contributed by atoms with Crippen molar-refractivity contribution < 1.29 is 17.6 Å². The highest BCUT2D eigenvalue weighted by Gasteiger charge is 2.32. The first kappa shape index (κ1) is 17.2. The molecule has 2 aromatic rings. The average Bonchev–Trinajstić information content (AvgIpc) is 3.24. The summed E-state index contributed by atoms with van der Waals surface area (Å²) < 4.78 is 32.2. The average molecular weight is 368 g/mol. The molecule has 0 spiro atoms. The third kappa shape index (κ3) is 3.71. The highest BCUT2D eigenvalue weighted by molar-refractivity contribution is 7.91. The van der Waals surface area contributed by atoms with Gasteiger partial charge in [0, 0.05) is 23.9 Å². The van der Waals surface area contributed by atoms with E-state index in [1.165, 1.54) is 15.6 Å². The largest absolute Gasteiger partial charge is 0.467 e. The van der Waals surface area contributed by atoms with Crippen LogP contribution < -0.4 is 5.32 Å². The summed E-state index contributed by atoms with van der Waals surface area (Å²) in [7, 11) is -3.43. The standard InChI is InChI=1S/C16H20N2O4S2/c1-12-4-5-15(23-12)24(20,21)18-8-6-13(7-9-18)16(19)17-11-14-3-2-10-22-14/h2-5,10,13H,6-9,11H2,1H3,(H,17,19). The van der Waals surface area contributed by atoms with Gasteiger partial charge in [0.05, 0.1) is 12.8 Å². The summed E-state index contributed by atoms with van der Waals surface area (Å²) in [4.78, 5) is 13.2. The lowest BCUT2D eigenvalue weighted by molar-refractivity contribution is -0.126. The van der Waals surface area contributed by atoms with Crippen molar-refractivity contribution in [3.05, 3.63) is 41.2 Å². The Bertz CT molecular complexity index is 788. The number of thiophene rings is 1. The topological polar surface area (TPSA) is 79.6 Å². The molecular formula is C16H20N2O4S2. The van der Waals surface area contributed by atoms with Crippen molar-refractivity contribution in [3.8, 4) is 0 Å². The van der Waals surface area contributed by atoms with Gasteiger partial charge in [-0.2, -0.15) is 4.31 Å². The van der Waals surface area contributed by atoms with Gasteiger partial charge in [0.2, 0.25) is 5.91 Å². The fraction of sp³-hybridized carbons (Fsp3) is 0.438. The maximum absolute atomic E-state index is 12.6. The van der Waals surface area contributed by atoms with Gasteiger partial charge in [0.1, 0.15) is 9.97 Å². The van der Waals surface area contributed by atoms with Crippen LogP contribution >= 0.6 is 11.3 Å². The molecule has 130 valence electrons. The molecule has 1 aliphatic rings. The minimum atomic E-state index is -3.43. The predicted octanol–water partition coefficient (Wildman–Crippen LogP) is 2.37. The number of nitrogens with zero attached hydrogens (tertiary/aromatic N) is 1. The monoisotopic (exact) mass is 368 g/mol. The van der Waals surface area contributed by atoms with Gasteiger partial charge in [0.15, 0.2) is 0 Å². The fourth-order valence-electron chi connectivity index (χ4n) is 2.77. The number of furan rings is 1. The number of nitrogens with one attached hydrogen (secondary N) is 1. The number of hydrogen-bond acceptors (Lipinski definition) is 5. The van der Waals surface area contributed by atoms with Gasteiger partial charge < -0.3 is 9.73 Å². The van der Waals surface area contributed by atoms with Crippen LogP contribution in [0.25, 0.3) is 0 Å². The smallest absolute Gasteiger partial charge is 0.252 e. The molecule has 2 aromatic heterocycles. The Morgan fingerprint density at radius 2 is 2.08 bits per heavy atom. The Morgan fingerprint density at radius 1 is 1.33 bits per heavy atom. The molecule has 6 nitrogen and oxygen atoms in total. The first-order valence-electron chi connectivity index (χ1n) is 7.83. The lowest BCUT2D eigenvalue weighted by Crippen LogP contribution is -2.42. The second-order valence-electron chi connectivity index (χ2n) is 5.84. The summed E-state index contributed by atoms with van der Waals surface area (Å²) in [6.45, 7) is 2.99. The number of aryl methyl sites for hydroxylation is 1. The summed E-state index contributed by atoms with van der Waals surface area (Å²) in [5.41, 5.74) is 0. The third-order valence-corrected chi connectivity index (χ3v) is 7.52. The zero-order valence-electron chi connectivity index (χ0n) is 13.4. The molecule has 0 radical (unpaired) electrons. The van der Waals surface area contributed by atoms with Crippen molar-refractivity contribution in [1.29, 1.82) is 0 Å². The number of carbonyl (C=O) groups is 1. The summed E-state index contributed by atoms with van der Waals surface area (Å²) in [5.74, 6) is 0.503. The number of sulfonamides is 1. The van der Waals surface area contributed by atoms with E-state index in [0.29, 0.717) is 42.4 Å². The van der Waals surface area contributed by atoms with Crippen LogP contribution in [0.3, 0.4) is 0 Å². The molecule has 1 saturated heterocycles. The van der Waals surface area contributed by atoms with Crippen LogP contribution in [0.4, 0.5) is 0 Å². The van der Waals surface area contributed by atoms with Crippen LogP contribution in [0, 0.1) is 12.8 Å². The molecule has 0 bridgehead atoms. The van der Waals surface area contributed by atoms with Crippen molar-refractivity contribution in [2.24, 2.45) is 5.92 Å². The molecular weight excluding hydrogens is 348 g/mol. The Hall–Kier alpha value is -1.64. The van der Waals surface area contributed by atoms with Crippen LogP contribution in [-0.4, -0.2) is 31.7 Å². The second-order valence-corrected chi connectivity index (χ2v) is 9.29. The zero-order valence-corrected chi connectivity index (χ0v) is 15.0. The molecule has 3 heterocycles. The third-order valence-electron chi connectivity index (χ3n) is 4.15. The van der Waals surface area contributed by atoms with Crippen LogP contribution in [0.1, 0.15) is 23.5 Å². The molecule has 24 heavy (non-hydrogen) atoms. The first-order valence-corrected chi connectivity index (χ1v) is 10.1. The predicted molar refractivity (Wildman–Crippen MR) is 91.1 cm³/mol. The second kappa shape index (κ2) is 7.08. The summed E-state index contributed by atoms with van der Waals surface area (Å²) >= 11 is 1.28. The van der Waals surface area contributed by atoms with Crippen LogP contribution in [-0.2, 0) is 21.4 Å². The fourth-order valence-corrected chi connectivity index (χ4v) is 5.68.